The van der Waals surface area contributed by atoms with Crippen molar-refractivity contribution < 1.29 is 2.74 Å². The highest BCUT2D eigenvalue weighted by molar-refractivity contribution is 5.96. The number of hydrogen-bond donors (Lipinski definition) is 0. The summed E-state index contributed by atoms with van der Waals surface area (Å²) in [7, 11) is 0. The van der Waals surface area contributed by atoms with Crippen molar-refractivity contribution in [1.82, 2.24) is 15.0 Å². The van der Waals surface area contributed by atoms with E-state index in [0.717, 1.165) is 61.2 Å². The highest BCUT2D eigenvalue weighted by Crippen LogP contribution is 2.63. The second-order valence-electron chi connectivity index (χ2n) is 17.4. The molecule has 0 saturated heterocycles. The van der Waals surface area contributed by atoms with Gasteiger partial charge in [0, 0.05) is 16.7 Å². The molecular weight excluding hydrogens is 811 g/mol. The van der Waals surface area contributed by atoms with Gasteiger partial charge in [0.05, 0.1) is 8.16 Å². The smallest absolute Gasteiger partial charge is 0.164 e. The van der Waals surface area contributed by atoms with Crippen LogP contribution in [-0.4, -0.2) is 15.0 Å². The predicted molar refractivity (Wildman–Crippen MR) is 274 cm³/mol. The molecule has 11 aromatic rings. The summed E-state index contributed by atoms with van der Waals surface area (Å²) in [6.45, 7) is 0. The first-order valence-electron chi connectivity index (χ1n) is 23.7. The third-order valence-electron chi connectivity index (χ3n) is 13.6. The Hall–Kier alpha value is -8.79. The van der Waals surface area contributed by atoms with E-state index in [9.17, 15) is 0 Å². The molecule has 2 aliphatic carbocycles. The molecule has 2 aliphatic rings. The van der Waals surface area contributed by atoms with Gasteiger partial charge in [-0.1, -0.05) is 206 Å². The highest BCUT2D eigenvalue weighted by Gasteiger charge is 2.51. The van der Waals surface area contributed by atoms with Gasteiger partial charge in [-0.15, -0.1) is 0 Å². The molecule has 13 rings (SSSR count). The van der Waals surface area contributed by atoms with Gasteiger partial charge in [-0.3, -0.25) is 0 Å². The summed E-state index contributed by atoms with van der Waals surface area (Å²) in [6.07, 6.45) is 0. The van der Waals surface area contributed by atoms with Gasteiger partial charge in [-0.25, -0.2) is 15.0 Å². The summed E-state index contributed by atoms with van der Waals surface area (Å²) in [4.78, 5) is 16.3. The van der Waals surface area contributed by atoms with Gasteiger partial charge in [0.15, 0.2) is 17.5 Å². The number of nitrogens with zero attached hydrogens (tertiary/aromatic N) is 3. The lowest BCUT2D eigenvalue weighted by Gasteiger charge is -2.30. The third-order valence-corrected chi connectivity index (χ3v) is 13.6. The molecule has 0 fully saturated rings. The third kappa shape index (κ3) is 6.39. The van der Waals surface area contributed by atoms with Crippen LogP contribution in [0.1, 0.15) is 25.0 Å². The van der Waals surface area contributed by atoms with Crippen LogP contribution in [-0.2, 0) is 5.41 Å². The van der Waals surface area contributed by atoms with Crippen molar-refractivity contribution in [3.05, 3.63) is 271 Å². The van der Waals surface area contributed by atoms with Crippen LogP contribution in [0.5, 0.6) is 0 Å². The first kappa shape index (κ1) is 36.5. The summed E-state index contributed by atoms with van der Waals surface area (Å²) in [5.74, 6) is 1.66. The van der Waals surface area contributed by atoms with Gasteiger partial charge >= 0.3 is 0 Å². The van der Waals surface area contributed by atoms with Crippen LogP contribution in [0.3, 0.4) is 0 Å². The zero-order valence-corrected chi connectivity index (χ0v) is 36.4. The second kappa shape index (κ2) is 15.7. The molecule has 3 heteroatoms. The van der Waals surface area contributed by atoms with Gasteiger partial charge in [0.1, 0.15) is 0 Å². The molecule has 1 heterocycles. The van der Waals surface area contributed by atoms with E-state index in [1.54, 1.807) is 0 Å². The molecule has 1 spiro atoms. The number of rotatable bonds is 7. The molecular formula is C64H41N3. The van der Waals surface area contributed by atoms with Gasteiger partial charge in [0.2, 0.25) is 0 Å². The van der Waals surface area contributed by atoms with Gasteiger partial charge in [0.25, 0.3) is 0 Å². The Kier molecular flexibility index (Phi) is 8.58. The van der Waals surface area contributed by atoms with Crippen molar-refractivity contribution >= 4 is 0 Å². The Labute approximate surface area is 393 Å². The monoisotopic (exact) mass is 855 g/mol. The van der Waals surface area contributed by atoms with Gasteiger partial charge in [-0.05, 0) is 131 Å². The van der Waals surface area contributed by atoms with Crippen molar-refractivity contribution in [3.63, 3.8) is 0 Å². The SMILES string of the molecule is [3H]c1ccc(-c2cc(-c3ccccc3)cc(-c3nc(-c4cc(-c5ccccc5)cc(-c5ccc([3H])cc5)c4)nc(-c4ccc5c(c4)C4(c6ccccc6-c6ccccc64)c4ccccc4-5)n3)c2)cc1. The molecule has 0 amide bonds. The lowest BCUT2D eigenvalue weighted by Crippen LogP contribution is -2.25. The Morgan fingerprint density at radius 2 is 0.552 bits per heavy atom. The zero-order valence-electron chi connectivity index (χ0n) is 38.4. The maximum atomic E-state index is 8.24. The van der Waals surface area contributed by atoms with Crippen LogP contribution < -0.4 is 0 Å². The highest BCUT2D eigenvalue weighted by atomic mass is 15.0. The second-order valence-corrected chi connectivity index (χ2v) is 17.4. The molecule has 312 valence electrons. The van der Waals surface area contributed by atoms with E-state index >= 15 is 0 Å². The molecule has 1 aromatic heterocycles. The minimum absolute atomic E-state index is 0.460. The van der Waals surface area contributed by atoms with Gasteiger partial charge in [-0.2, -0.15) is 0 Å². The first-order chi connectivity index (χ1) is 34.0. The van der Waals surface area contributed by atoms with Crippen LogP contribution in [0.4, 0.5) is 0 Å². The van der Waals surface area contributed by atoms with Crippen LogP contribution in [0, 0.1) is 0 Å². The maximum absolute atomic E-state index is 8.24. The van der Waals surface area contributed by atoms with Crippen LogP contribution in [0.25, 0.3) is 101 Å². The zero-order chi connectivity index (χ0) is 46.1. The summed E-state index contributed by atoms with van der Waals surface area (Å²) in [5, 5.41) is 0. The molecule has 0 radical (unpaired) electrons. The fourth-order valence-corrected chi connectivity index (χ4v) is 10.6. The van der Waals surface area contributed by atoms with Crippen LogP contribution >= 0.6 is 0 Å². The van der Waals surface area contributed by atoms with E-state index in [1.807, 2.05) is 60.7 Å². The lowest BCUT2D eigenvalue weighted by atomic mass is 9.70. The van der Waals surface area contributed by atoms with Crippen molar-refractivity contribution in [1.29, 1.82) is 0 Å². The average molecular weight is 856 g/mol. The molecule has 0 bridgehead atoms. The number of benzene rings is 10. The largest absolute Gasteiger partial charge is 0.208 e. The molecule has 10 aromatic carbocycles. The Balaban J connectivity index is 1.07. The fourth-order valence-electron chi connectivity index (χ4n) is 10.6. The van der Waals surface area contributed by atoms with E-state index < -0.39 is 5.41 Å². The number of aromatic nitrogens is 3. The minimum Gasteiger partial charge on any atom is -0.208 e. The molecule has 3 nitrogen and oxygen atoms in total. The molecule has 0 N–H and O–H groups in total. The Bertz CT molecular complexity index is 3580. The number of fused-ring (bicyclic) bond motifs is 10. The van der Waals surface area contributed by atoms with E-state index in [2.05, 4.69) is 176 Å². The topological polar surface area (TPSA) is 38.7 Å². The van der Waals surface area contributed by atoms with Crippen molar-refractivity contribution in [2.45, 2.75) is 5.41 Å². The molecule has 0 aliphatic heterocycles. The van der Waals surface area contributed by atoms with E-state index in [-0.39, 0.29) is 0 Å². The van der Waals surface area contributed by atoms with E-state index in [0.29, 0.717) is 29.6 Å². The maximum Gasteiger partial charge on any atom is 0.164 e. The predicted octanol–water partition coefficient (Wildman–Crippen LogP) is 15.9. The average Bonchev–Trinajstić information content (AvgIpc) is 3.89. The Morgan fingerprint density at radius 1 is 0.239 bits per heavy atom. The summed E-state index contributed by atoms with van der Waals surface area (Å²) >= 11 is 0. The summed E-state index contributed by atoms with van der Waals surface area (Å²) in [6, 6.07) is 83.5. The van der Waals surface area contributed by atoms with Crippen LogP contribution in [0.2, 0.25) is 0 Å². The molecule has 67 heavy (non-hydrogen) atoms. The minimum atomic E-state index is -0.533. The normalized spacial score (nSPS) is 13.0. The first-order valence-corrected chi connectivity index (χ1v) is 22.7. The van der Waals surface area contributed by atoms with E-state index in [1.165, 1.54) is 44.5 Å². The fraction of sp³-hybridized carbons (Fsp3) is 0.0156. The molecule has 0 unspecified atom stereocenters. The quantitative estimate of drug-likeness (QED) is 0.160. The lowest BCUT2D eigenvalue weighted by molar-refractivity contribution is 0.794. The standard InChI is InChI=1S/C64H41N3/c1-5-19-42(20-6-1)47-35-48(43-21-7-2-8-22-43)38-51(37-47)62-65-61(66-63(67-62)52-39-49(44-23-9-3-10-24-44)36-50(40-52)45-25-11-4-12-26-45)46-33-34-56-55-29-15-18-32-59(55)64(60(56)41-46)57-30-16-13-27-53(57)54-28-14-17-31-58(54)64/h1-41H/i1T,3T. The Morgan fingerprint density at radius 3 is 0.955 bits per heavy atom. The van der Waals surface area contributed by atoms with Crippen molar-refractivity contribution in [2.24, 2.45) is 0 Å². The van der Waals surface area contributed by atoms with Crippen LogP contribution in [0.15, 0.2) is 249 Å². The molecule has 0 atom stereocenters. The number of hydrogen-bond acceptors (Lipinski definition) is 3. The van der Waals surface area contributed by atoms with Gasteiger partial charge < -0.3 is 0 Å². The van der Waals surface area contributed by atoms with Crippen molar-refractivity contribution in [2.75, 3.05) is 0 Å². The summed E-state index contributed by atoms with van der Waals surface area (Å²) in [5.41, 5.74) is 20.2. The summed E-state index contributed by atoms with van der Waals surface area (Å²) < 4.78 is 16.5. The molecule has 0 saturated carbocycles. The van der Waals surface area contributed by atoms with E-state index in [4.69, 9.17) is 17.7 Å². The van der Waals surface area contributed by atoms with Crippen molar-refractivity contribution in [3.8, 4) is 101 Å².